The van der Waals surface area contributed by atoms with Crippen LogP contribution in [0, 0.1) is 13.8 Å². The lowest BCUT2D eigenvalue weighted by Crippen LogP contribution is -2.29. The van der Waals surface area contributed by atoms with Crippen molar-refractivity contribution in [3.8, 4) is 5.75 Å². The van der Waals surface area contributed by atoms with Gasteiger partial charge in [0.15, 0.2) is 6.79 Å². The molecule has 27 heavy (non-hydrogen) atoms. The van der Waals surface area contributed by atoms with Gasteiger partial charge in [-0.3, -0.25) is 0 Å². The fourth-order valence-electron chi connectivity index (χ4n) is 3.64. The highest BCUT2D eigenvalue weighted by molar-refractivity contribution is 7.66. The molecular weight excluding hydrogens is 370 g/mol. The van der Waals surface area contributed by atoms with E-state index in [0.29, 0.717) is 0 Å². The second-order valence-corrected chi connectivity index (χ2v) is 11.3. The first-order valence-electron chi connectivity index (χ1n) is 9.67. The first-order chi connectivity index (χ1) is 12.9. The summed E-state index contributed by atoms with van der Waals surface area (Å²) in [4.78, 5) is 0. The molecule has 0 aliphatic rings. The number of ether oxygens (including phenoxy) is 2. The van der Waals surface area contributed by atoms with Crippen LogP contribution in [0.15, 0.2) is 36.4 Å². The number of aryl methyl sites for hydroxylation is 2. The molecule has 2 rings (SSSR count). The van der Waals surface area contributed by atoms with Crippen LogP contribution in [-0.4, -0.2) is 27.2 Å². The van der Waals surface area contributed by atoms with E-state index in [1.165, 1.54) is 16.7 Å². The van der Waals surface area contributed by atoms with Gasteiger partial charge in [0.25, 0.3) is 0 Å². The van der Waals surface area contributed by atoms with Crippen LogP contribution in [0.2, 0.25) is 0 Å². The molecule has 1 atom stereocenters. The number of rotatable bonds is 9. The lowest BCUT2D eigenvalue weighted by molar-refractivity contribution is 0.0494. The molecule has 0 bridgehead atoms. The Balaban J connectivity index is 2.60. The smallest absolute Gasteiger partial charge is 0.188 e. The molecule has 0 amide bonds. The Morgan fingerprint density at radius 1 is 0.963 bits per heavy atom. The van der Waals surface area contributed by atoms with E-state index in [2.05, 4.69) is 77.4 Å². The highest BCUT2D eigenvalue weighted by Crippen LogP contribution is 2.51. The second kappa shape index (κ2) is 10.0. The highest BCUT2D eigenvalue weighted by Gasteiger charge is 2.34. The Kier molecular flexibility index (Phi) is 8.29. The van der Waals surface area contributed by atoms with Crippen molar-refractivity contribution >= 4 is 27.1 Å². The summed E-state index contributed by atoms with van der Waals surface area (Å²) in [5, 5.41) is 3.18. The van der Waals surface area contributed by atoms with Gasteiger partial charge in [-0.05, 0) is 61.8 Å². The fourth-order valence-corrected chi connectivity index (χ4v) is 7.14. The Bertz CT molecular complexity index is 752. The maximum atomic E-state index is 6.06. The van der Waals surface area contributed by atoms with Crippen LogP contribution in [0.1, 0.15) is 43.4 Å². The van der Waals surface area contributed by atoms with Crippen LogP contribution in [-0.2, 0) is 9.89 Å². The van der Waals surface area contributed by atoms with Crippen molar-refractivity contribution in [2.45, 2.75) is 45.7 Å². The van der Waals surface area contributed by atoms with Crippen molar-refractivity contribution in [2.75, 3.05) is 27.2 Å². The fraction of sp³-hybridized carbons (Fsp3) is 0.478. The zero-order chi connectivity index (χ0) is 20.0. The second-order valence-electron chi connectivity index (χ2n) is 7.28. The Labute approximate surface area is 168 Å². The van der Waals surface area contributed by atoms with Crippen molar-refractivity contribution in [3.63, 3.8) is 0 Å². The predicted molar refractivity (Wildman–Crippen MR) is 123 cm³/mol. The molecule has 2 aromatic rings. The summed E-state index contributed by atoms with van der Waals surface area (Å²) < 4.78 is 11.3. The molecular formula is C23H34O2P2. The molecule has 0 saturated carbocycles. The van der Waals surface area contributed by atoms with E-state index < -0.39 is 0 Å². The first-order valence-corrected chi connectivity index (χ1v) is 12.9. The summed E-state index contributed by atoms with van der Waals surface area (Å²) in [5.41, 5.74) is 3.92. The molecule has 0 spiro atoms. The summed E-state index contributed by atoms with van der Waals surface area (Å²) in [7, 11) is 2.27. The van der Waals surface area contributed by atoms with Crippen LogP contribution in [0.25, 0.3) is 0 Å². The Morgan fingerprint density at radius 3 is 2.19 bits per heavy atom. The molecule has 0 radical (unpaired) electrons. The van der Waals surface area contributed by atoms with Gasteiger partial charge in [-0.2, -0.15) is 0 Å². The van der Waals surface area contributed by atoms with Crippen molar-refractivity contribution < 1.29 is 9.47 Å². The van der Waals surface area contributed by atoms with Gasteiger partial charge in [0.1, 0.15) is 5.75 Å². The van der Waals surface area contributed by atoms with Gasteiger partial charge >= 0.3 is 0 Å². The van der Waals surface area contributed by atoms with E-state index in [1.807, 2.05) is 0 Å². The quantitative estimate of drug-likeness (QED) is 0.396. The van der Waals surface area contributed by atoms with E-state index >= 15 is 0 Å². The molecule has 2 aromatic carbocycles. The van der Waals surface area contributed by atoms with Crippen LogP contribution in [0.3, 0.4) is 0 Å². The van der Waals surface area contributed by atoms with Gasteiger partial charge < -0.3 is 9.47 Å². The molecule has 1 unspecified atom stereocenters. The molecule has 0 fully saturated rings. The average Bonchev–Trinajstić information content (AvgIpc) is 2.66. The van der Waals surface area contributed by atoms with E-state index in [0.717, 1.165) is 27.2 Å². The van der Waals surface area contributed by atoms with Crippen molar-refractivity contribution in [1.29, 1.82) is 0 Å². The predicted octanol–water partition coefficient (Wildman–Crippen LogP) is 5.67. The van der Waals surface area contributed by atoms with E-state index in [4.69, 9.17) is 9.47 Å². The number of hydrogen-bond donors (Lipinski definition) is 0. The van der Waals surface area contributed by atoms with Gasteiger partial charge in [0.05, 0.1) is 0 Å². The average molecular weight is 404 g/mol. The first kappa shape index (κ1) is 22.4. The van der Waals surface area contributed by atoms with Crippen LogP contribution >= 0.6 is 16.5 Å². The summed E-state index contributed by atoms with van der Waals surface area (Å²) >= 11 is 0. The van der Waals surface area contributed by atoms with Gasteiger partial charge in [-0.15, -0.1) is 0 Å². The number of hydrogen-bond acceptors (Lipinski definition) is 2. The molecule has 0 aromatic heterocycles. The molecule has 0 N–H and O–H groups in total. The third-order valence-corrected chi connectivity index (χ3v) is 9.27. The topological polar surface area (TPSA) is 18.5 Å². The number of para-hydroxylation sites is 1. The van der Waals surface area contributed by atoms with Gasteiger partial charge in [0, 0.05) is 17.8 Å². The van der Waals surface area contributed by atoms with Crippen molar-refractivity contribution in [2.24, 2.45) is 0 Å². The van der Waals surface area contributed by atoms with Gasteiger partial charge in [-0.25, -0.2) is 0 Å². The largest absolute Gasteiger partial charge is 0.467 e. The van der Waals surface area contributed by atoms with Crippen molar-refractivity contribution in [3.05, 3.63) is 53.1 Å². The zero-order valence-corrected chi connectivity index (χ0v) is 19.7. The van der Waals surface area contributed by atoms with E-state index in [-0.39, 0.29) is 19.9 Å². The molecule has 4 heteroatoms. The third-order valence-electron chi connectivity index (χ3n) is 5.35. The Morgan fingerprint density at radius 2 is 1.59 bits per heavy atom. The van der Waals surface area contributed by atoms with Crippen LogP contribution in [0.4, 0.5) is 0 Å². The summed E-state index contributed by atoms with van der Waals surface area (Å²) in [6.07, 6.45) is 2.18. The molecule has 0 heterocycles. The van der Waals surface area contributed by atoms with Gasteiger partial charge in [0.2, 0.25) is 0 Å². The van der Waals surface area contributed by atoms with Crippen molar-refractivity contribution in [1.82, 2.24) is 0 Å². The summed E-state index contributed by atoms with van der Waals surface area (Å²) in [6.45, 7) is 14.0. The van der Waals surface area contributed by atoms with Crippen LogP contribution < -0.4 is 15.3 Å². The van der Waals surface area contributed by atoms with E-state index in [9.17, 15) is 0 Å². The molecule has 2 nitrogen and oxygen atoms in total. The minimum absolute atomic E-state index is 0.0846. The minimum atomic E-state index is -0.132. The molecule has 0 aliphatic carbocycles. The monoisotopic (exact) mass is 404 g/mol. The minimum Gasteiger partial charge on any atom is -0.467 e. The lowest BCUT2D eigenvalue weighted by Gasteiger charge is -2.36. The Hall–Kier alpha value is -0.940. The number of methoxy groups -OCH3 is 1. The van der Waals surface area contributed by atoms with E-state index in [1.54, 1.807) is 17.7 Å². The summed E-state index contributed by atoms with van der Waals surface area (Å²) in [6, 6.07) is 13.4. The number of benzene rings is 2. The van der Waals surface area contributed by atoms with Gasteiger partial charge in [-0.1, -0.05) is 66.7 Å². The zero-order valence-electron chi connectivity index (χ0n) is 17.8. The maximum Gasteiger partial charge on any atom is 0.188 e. The normalized spacial score (nSPS) is 12.3. The maximum absolute atomic E-state index is 6.06. The molecule has 0 aliphatic heterocycles. The SMILES string of the molecule is CCC(CC)(Pc1c(C)cccc1P(C)C)c1cccc(C)c1OCOC. The highest BCUT2D eigenvalue weighted by atomic mass is 31.1. The summed E-state index contributed by atoms with van der Waals surface area (Å²) in [5.74, 6) is 1.00. The lowest BCUT2D eigenvalue weighted by atomic mass is 9.90. The molecule has 0 saturated heterocycles. The van der Waals surface area contributed by atoms with Crippen LogP contribution in [0.5, 0.6) is 5.75 Å². The third kappa shape index (κ3) is 4.92. The standard InChI is InChI=1S/C23H34O2P2/c1-8-23(9-2,19-14-10-12-17(3)21(19)25-16-24-5)26-22-18(4)13-11-15-20(22)27(6)7/h10-15,26H,8-9,16H2,1-7H3. The molecule has 148 valence electrons.